The molecule has 0 saturated carbocycles. The predicted octanol–water partition coefficient (Wildman–Crippen LogP) is 1.59. The van der Waals surface area contributed by atoms with E-state index in [4.69, 9.17) is 0 Å². The Hall–Kier alpha value is -0.740. The van der Waals surface area contributed by atoms with E-state index in [2.05, 4.69) is 27.1 Å². The SMILES string of the molecule is C/C=C/CCNCc1csnn1. The number of hydrogen-bond donors (Lipinski definition) is 1. The summed E-state index contributed by atoms with van der Waals surface area (Å²) in [5, 5.41) is 9.16. The van der Waals surface area contributed by atoms with Gasteiger partial charge in [-0.2, -0.15) is 0 Å². The molecule has 4 heteroatoms. The Bertz CT molecular complexity index is 218. The minimum atomic E-state index is 0.827. The minimum absolute atomic E-state index is 0.827. The maximum Gasteiger partial charge on any atom is 0.0893 e. The fourth-order valence-corrected chi connectivity index (χ4v) is 1.28. The standard InChI is InChI=1S/C8H13N3S/c1-2-3-4-5-9-6-8-7-12-11-10-8/h2-3,7,9H,4-6H2,1H3/b3-2+. The molecule has 1 aromatic rings. The quantitative estimate of drug-likeness (QED) is 0.556. The van der Waals surface area contributed by atoms with Crippen LogP contribution in [0.1, 0.15) is 19.0 Å². The molecule has 0 saturated heterocycles. The highest BCUT2D eigenvalue weighted by Gasteiger charge is 1.92. The van der Waals surface area contributed by atoms with E-state index in [0.717, 1.165) is 25.2 Å². The number of allylic oxidation sites excluding steroid dienone is 1. The number of hydrogen-bond acceptors (Lipinski definition) is 4. The smallest absolute Gasteiger partial charge is 0.0893 e. The summed E-state index contributed by atoms with van der Waals surface area (Å²) < 4.78 is 3.77. The van der Waals surface area contributed by atoms with E-state index in [1.807, 2.05) is 12.3 Å². The molecule has 1 aromatic heterocycles. The highest BCUT2D eigenvalue weighted by atomic mass is 32.1. The maximum absolute atomic E-state index is 3.92. The van der Waals surface area contributed by atoms with Crippen LogP contribution in [0, 0.1) is 0 Å². The van der Waals surface area contributed by atoms with Crippen molar-refractivity contribution < 1.29 is 0 Å². The minimum Gasteiger partial charge on any atom is -0.311 e. The Balaban J connectivity index is 2.03. The van der Waals surface area contributed by atoms with E-state index >= 15 is 0 Å². The Labute approximate surface area is 76.7 Å². The van der Waals surface area contributed by atoms with Gasteiger partial charge < -0.3 is 5.32 Å². The van der Waals surface area contributed by atoms with Crippen molar-refractivity contribution >= 4 is 11.5 Å². The zero-order valence-electron chi connectivity index (χ0n) is 7.16. The summed E-state index contributed by atoms with van der Waals surface area (Å²) in [5.74, 6) is 0. The summed E-state index contributed by atoms with van der Waals surface area (Å²) in [6.45, 7) is 3.86. The molecule has 3 nitrogen and oxygen atoms in total. The first-order chi connectivity index (χ1) is 5.93. The van der Waals surface area contributed by atoms with Crippen LogP contribution in [0.5, 0.6) is 0 Å². The van der Waals surface area contributed by atoms with E-state index in [0.29, 0.717) is 0 Å². The summed E-state index contributed by atoms with van der Waals surface area (Å²) in [4.78, 5) is 0. The molecule has 0 aromatic carbocycles. The molecule has 1 N–H and O–H groups in total. The zero-order valence-corrected chi connectivity index (χ0v) is 7.97. The molecule has 1 heterocycles. The van der Waals surface area contributed by atoms with Crippen LogP contribution in [-0.4, -0.2) is 16.1 Å². The van der Waals surface area contributed by atoms with E-state index < -0.39 is 0 Å². The lowest BCUT2D eigenvalue weighted by atomic mass is 10.4. The van der Waals surface area contributed by atoms with Gasteiger partial charge in [0.05, 0.1) is 5.69 Å². The Kier molecular flexibility index (Phi) is 4.56. The van der Waals surface area contributed by atoms with Gasteiger partial charge >= 0.3 is 0 Å². The largest absolute Gasteiger partial charge is 0.311 e. The molecular weight excluding hydrogens is 170 g/mol. The van der Waals surface area contributed by atoms with Crippen molar-refractivity contribution in [3.8, 4) is 0 Å². The first kappa shape index (κ1) is 9.35. The lowest BCUT2D eigenvalue weighted by Gasteiger charge is -1.97. The van der Waals surface area contributed by atoms with Gasteiger partial charge in [0, 0.05) is 11.9 Å². The number of rotatable bonds is 5. The maximum atomic E-state index is 3.92. The molecule has 0 radical (unpaired) electrons. The van der Waals surface area contributed by atoms with Gasteiger partial charge in [-0.1, -0.05) is 16.6 Å². The van der Waals surface area contributed by atoms with Crippen LogP contribution in [0.4, 0.5) is 0 Å². The van der Waals surface area contributed by atoms with Gasteiger partial charge in [0.1, 0.15) is 0 Å². The van der Waals surface area contributed by atoms with Gasteiger partial charge in [-0.25, -0.2) is 0 Å². The first-order valence-electron chi connectivity index (χ1n) is 4.01. The second kappa shape index (κ2) is 5.85. The molecule has 66 valence electrons. The molecule has 0 aliphatic rings. The van der Waals surface area contributed by atoms with Crippen LogP contribution in [0.15, 0.2) is 17.5 Å². The molecule has 0 aliphatic heterocycles. The van der Waals surface area contributed by atoms with Crippen LogP contribution in [0.25, 0.3) is 0 Å². The van der Waals surface area contributed by atoms with Crippen molar-refractivity contribution in [2.24, 2.45) is 0 Å². The van der Waals surface area contributed by atoms with E-state index in [-0.39, 0.29) is 0 Å². The van der Waals surface area contributed by atoms with Crippen molar-refractivity contribution in [3.63, 3.8) is 0 Å². The van der Waals surface area contributed by atoms with Gasteiger partial charge in [-0.15, -0.1) is 5.10 Å². The molecule has 0 atom stereocenters. The van der Waals surface area contributed by atoms with Crippen LogP contribution in [-0.2, 0) is 6.54 Å². The average Bonchev–Trinajstić information content (AvgIpc) is 2.57. The number of aromatic nitrogens is 2. The third-order valence-electron chi connectivity index (χ3n) is 1.43. The molecule has 12 heavy (non-hydrogen) atoms. The first-order valence-corrected chi connectivity index (χ1v) is 4.85. The van der Waals surface area contributed by atoms with Crippen LogP contribution in [0.3, 0.4) is 0 Å². The van der Waals surface area contributed by atoms with Crippen LogP contribution in [0.2, 0.25) is 0 Å². The molecule has 0 amide bonds. The predicted molar refractivity (Wildman–Crippen MR) is 51.0 cm³/mol. The zero-order chi connectivity index (χ0) is 8.65. The van der Waals surface area contributed by atoms with Gasteiger partial charge in [0.2, 0.25) is 0 Å². The second-order valence-electron chi connectivity index (χ2n) is 2.43. The molecule has 0 spiro atoms. The third-order valence-corrected chi connectivity index (χ3v) is 1.99. The second-order valence-corrected chi connectivity index (χ2v) is 3.04. The molecule has 0 fully saturated rings. The Morgan fingerprint density at radius 1 is 1.67 bits per heavy atom. The lowest BCUT2D eigenvalue weighted by Crippen LogP contribution is -2.14. The molecule has 0 unspecified atom stereocenters. The number of nitrogens with zero attached hydrogens (tertiary/aromatic N) is 2. The summed E-state index contributed by atoms with van der Waals surface area (Å²) >= 11 is 1.39. The van der Waals surface area contributed by atoms with E-state index in [9.17, 15) is 0 Å². The Morgan fingerprint density at radius 3 is 3.25 bits per heavy atom. The van der Waals surface area contributed by atoms with Gasteiger partial charge in [-0.3, -0.25) is 0 Å². The van der Waals surface area contributed by atoms with Crippen molar-refractivity contribution in [2.75, 3.05) is 6.54 Å². The fourth-order valence-electron chi connectivity index (χ4n) is 0.830. The third kappa shape index (κ3) is 3.59. The summed E-state index contributed by atoms with van der Waals surface area (Å²) in [6, 6.07) is 0. The van der Waals surface area contributed by atoms with Crippen molar-refractivity contribution in [1.29, 1.82) is 0 Å². The van der Waals surface area contributed by atoms with E-state index in [1.54, 1.807) is 0 Å². The molecule has 0 aliphatic carbocycles. The van der Waals surface area contributed by atoms with Gasteiger partial charge in [0.15, 0.2) is 0 Å². The lowest BCUT2D eigenvalue weighted by molar-refractivity contribution is 0.680. The number of nitrogens with one attached hydrogen (secondary N) is 1. The summed E-state index contributed by atoms with van der Waals surface area (Å²) in [6.07, 6.45) is 5.28. The van der Waals surface area contributed by atoms with Crippen molar-refractivity contribution in [2.45, 2.75) is 19.9 Å². The van der Waals surface area contributed by atoms with Gasteiger partial charge in [0.25, 0.3) is 0 Å². The molecule has 1 rings (SSSR count). The molecular formula is C8H13N3S. The van der Waals surface area contributed by atoms with Crippen molar-refractivity contribution in [1.82, 2.24) is 14.9 Å². The van der Waals surface area contributed by atoms with Crippen LogP contribution >= 0.6 is 11.5 Å². The van der Waals surface area contributed by atoms with Crippen molar-refractivity contribution in [3.05, 3.63) is 23.2 Å². The average molecular weight is 183 g/mol. The van der Waals surface area contributed by atoms with Gasteiger partial charge in [-0.05, 0) is 31.4 Å². The highest BCUT2D eigenvalue weighted by molar-refractivity contribution is 7.03. The topological polar surface area (TPSA) is 37.8 Å². The fraction of sp³-hybridized carbons (Fsp3) is 0.500. The van der Waals surface area contributed by atoms with E-state index in [1.165, 1.54) is 11.5 Å². The highest BCUT2D eigenvalue weighted by Crippen LogP contribution is 1.95. The summed E-state index contributed by atoms with van der Waals surface area (Å²) in [5.41, 5.74) is 1.03. The Morgan fingerprint density at radius 2 is 2.58 bits per heavy atom. The van der Waals surface area contributed by atoms with Crippen LogP contribution < -0.4 is 5.32 Å². The monoisotopic (exact) mass is 183 g/mol. The normalized spacial score (nSPS) is 11.1. The molecule has 0 bridgehead atoms. The summed E-state index contributed by atoms with van der Waals surface area (Å²) in [7, 11) is 0.